The topological polar surface area (TPSA) is 66.5 Å². The van der Waals surface area contributed by atoms with Crippen molar-refractivity contribution >= 4 is 38.9 Å². The van der Waals surface area contributed by atoms with Crippen LogP contribution in [0.1, 0.15) is 23.2 Å². The zero-order chi connectivity index (χ0) is 18.0. The van der Waals surface area contributed by atoms with Gasteiger partial charge in [0.05, 0.1) is 16.5 Å². The van der Waals surface area contributed by atoms with Gasteiger partial charge in [-0.25, -0.2) is 12.8 Å². The molecular formula is C17H16ClFN2O3S. The van der Waals surface area contributed by atoms with E-state index in [4.69, 9.17) is 11.6 Å². The van der Waals surface area contributed by atoms with Gasteiger partial charge in [-0.3, -0.25) is 9.10 Å². The van der Waals surface area contributed by atoms with Crippen LogP contribution in [-0.2, 0) is 10.0 Å². The summed E-state index contributed by atoms with van der Waals surface area (Å²) in [6, 6.07) is 9.82. The molecule has 0 radical (unpaired) electrons. The average molecular weight is 383 g/mol. The van der Waals surface area contributed by atoms with Crippen LogP contribution < -0.4 is 9.62 Å². The first-order valence-corrected chi connectivity index (χ1v) is 9.72. The Morgan fingerprint density at radius 1 is 1.12 bits per heavy atom. The number of rotatable bonds is 3. The maximum absolute atomic E-state index is 12.9. The van der Waals surface area contributed by atoms with E-state index in [1.54, 1.807) is 12.1 Å². The largest absolute Gasteiger partial charge is 0.322 e. The SMILES string of the molecule is O=C(Nc1ccc(N2CCCCS2(=O)=O)c(Cl)c1)c1ccc(F)cc1. The number of amides is 1. The van der Waals surface area contributed by atoms with Gasteiger partial charge in [-0.2, -0.15) is 0 Å². The van der Waals surface area contributed by atoms with Crippen molar-refractivity contribution in [1.82, 2.24) is 0 Å². The molecule has 1 fully saturated rings. The molecule has 0 atom stereocenters. The van der Waals surface area contributed by atoms with Gasteiger partial charge in [0.15, 0.2) is 0 Å². The van der Waals surface area contributed by atoms with Crippen molar-refractivity contribution in [1.29, 1.82) is 0 Å². The highest BCUT2D eigenvalue weighted by Gasteiger charge is 2.27. The van der Waals surface area contributed by atoms with Gasteiger partial charge in [-0.05, 0) is 55.3 Å². The smallest absolute Gasteiger partial charge is 0.255 e. The number of hydrogen-bond acceptors (Lipinski definition) is 3. The van der Waals surface area contributed by atoms with E-state index >= 15 is 0 Å². The van der Waals surface area contributed by atoms with E-state index in [1.807, 2.05) is 0 Å². The van der Waals surface area contributed by atoms with Crippen LogP contribution in [0.15, 0.2) is 42.5 Å². The summed E-state index contributed by atoms with van der Waals surface area (Å²) in [7, 11) is -3.36. The highest BCUT2D eigenvalue weighted by atomic mass is 35.5. The van der Waals surface area contributed by atoms with E-state index in [2.05, 4.69) is 5.32 Å². The van der Waals surface area contributed by atoms with Crippen molar-refractivity contribution in [2.75, 3.05) is 21.9 Å². The maximum atomic E-state index is 12.9. The monoisotopic (exact) mass is 382 g/mol. The van der Waals surface area contributed by atoms with Crippen LogP contribution in [-0.4, -0.2) is 26.6 Å². The molecule has 3 rings (SSSR count). The van der Waals surface area contributed by atoms with Crippen LogP contribution in [0.3, 0.4) is 0 Å². The Bertz CT molecular complexity index is 901. The molecule has 1 saturated heterocycles. The Labute approximate surface area is 150 Å². The van der Waals surface area contributed by atoms with Gasteiger partial charge < -0.3 is 5.32 Å². The van der Waals surface area contributed by atoms with Gasteiger partial charge in [-0.15, -0.1) is 0 Å². The predicted octanol–water partition coefficient (Wildman–Crippen LogP) is 3.66. The lowest BCUT2D eigenvalue weighted by Gasteiger charge is -2.29. The summed E-state index contributed by atoms with van der Waals surface area (Å²) in [6.07, 6.45) is 1.42. The molecule has 0 aromatic heterocycles. The molecule has 5 nitrogen and oxygen atoms in total. The second kappa shape index (κ2) is 7.01. The third-order valence-electron chi connectivity index (χ3n) is 3.93. The van der Waals surface area contributed by atoms with E-state index in [-0.39, 0.29) is 10.8 Å². The fourth-order valence-corrected chi connectivity index (χ4v) is 4.64. The van der Waals surface area contributed by atoms with Gasteiger partial charge in [0.25, 0.3) is 5.91 Å². The van der Waals surface area contributed by atoms with Crippen molar-refractivity contribution < 1.29 is 17.6 Å². The number of nitrogens with zero attached hydrogens (tertiary/aromatic N) is 1. The van der Waals surface area contributed by atoms with Gasteiger partial charge >= 0.3 is 0 Å². The molecule has 1 aliphatic rings. The van der Waals surface area contributed by atoms with Crippen LogP contribution in [0.2, 0.25) is 5.02 Å². The molecule has 0 spiro atoms. The first-order valence-electron chi connectivity index (χ1n) is 7.74. The van der Waals surface area contributed by atoms with Crippen LogP contribution in [0.25, 0.3) is 0 Å². The molecule has 2 aromatic rings. The number of nitrogens with one attached hydrogen (secondary N) is 1. The second-order valence-electron chi connectivity index (χ2n) is 5.72. The summed E-state index contributed by atoms with van der Waals surface area (Å²) in [5.41, 5.74) is 1.14. The molecule has 8 heteroatoms. The third-order valence-corrected chi connectivity index (χ3v) is 6.09. The molecule has 0 aliphatic carbocycles. The summed E-state index contributed by atoms with van der Waals surface area (Å²) in [4.78, 5) is 12.1. The Hall–Kier alpha value is -2.12. The number of anilines is 2. The summed E-state index contributed by atoms with van der Waals surface area (Å²) >= 11 is 6.23. The summed E-state index contributed by atoms with van der Waals surface area (Å²) in [5.74, 6) is -0.729. The minimum Gasteiger partial charge on any atom is -0.322 e. The molecule has 132 valence electrons. The maximum Gasteiger partial charge on any atom is 0.255 e. The molecule has 0 saturated carbocycles. The zero-order valence-electron chi connectivity index (χ0n) is 13.2. The summed E-state index contributed by atoms with van der Waals surface area (Å²) in [5, 5.41) is 2.89. The summed E-state index contributed by atoms with van der Waals surface area (Å²) in [6.45, 7) is 0.392. The number of carbonyl (C=O) groups excluding carboxylic acids is 1. The Balaban J connectivity index is 1.80. The highest BCUT2D eigenvalue weighted by molar-refractivity contribution is 7.92. The van der Waals surface area contributed by atoms with Crippen LogP contribution in [0, 0.1) is 5.82 Å². The fourth-order valence-electron chi connectivity index (χ4n) is 2.65. The predicted molar refractivity (Wildman–Crippen MR) is 96.2 cm³/mol. The van der Waals surface area contributed by atoms with Gasteiger partial charge in [0.2, 0.25) is 10.0 Å². The quantitative estimate of drug-likeness (QED) is 0.880. The molecular weight excluding hydrogens is 367 g/mol. The van der Waals surface area contributed by atoms with Crippen LogP contribution in [0.5, 0.6) is 0 Å². The van der Waals surface area contributed by atoms with Crippen molar-refractivity contribution in [2.24, 2.45) is 0 Å². The Kier molecular flexibility index (Phi) is 4.96. The second-order valence-corrected chi connectivity index (χ2v) is 8.14. The van der Waals surface area contributed by atoms with Crippen molar-refractivity contribution in [3.05, 3.63) is 58.9 Å². The Morgan fingerprint density at radius 2 is 1.84 bits per heavy atom. The average Bonchev–Trinajstić information content (AvgIpc) is 2.56. The van der Waals surface area contributed by atoms with Gasteiger partial charge in [0, 0.05) is 17.8 Å². The van der Waals surface area contributed by atoms with E-state index in [9.17, 15) is 17.6 Å². The lowest BCUT2D eigenvalue weighted by Crippen LogP contribution is -2.38. The van der Waals surface area contributed by atoms with E-state index in [0.29, 0.717) is 29.9 Å². The molecule has 2 aromatic carbocycles. The van der Waals surface area contributed by atoms with Gasteiger partial charge in [0.1, 0.15) is 5.82 Å². The first-order chi connectivity index (χ1) is 11.9. The first kappa shape index (κ1) is 17.7. The number of hydrogen-bond donors (Lipinski definition) is 1. The van der Waals surface area contributed by atoms with E-state index in [1.165, 1.54) is 34.6 Å². The lowest BCUT2D eigenvalue weighted by molar-refractivity contribution is 0.102. The standard InChI is InChI=1S/C17H16ClFN2O3S/c18-15-11-14(20-17(22)12-3-5-13(19)6-4-12)7-8-16(15)21-9-1-2-10-25(21,23)24/h3-8,11H,1-2,9-10H2,(H,20,22). The minimum absolute atomic E-state index is 0.104. The molecule has 1 N–H and O–H groups in total. The van der Waals surface area contributed by atoms with Crippen LogP contribution in [0.4, 0.5) is 15.8 Å². The highest BCUT2D eigenvalue weighted by Crippen LogP contribution is 2.32. The number of sulfonamides is 1. The fraction of sp³-hybridized carbons (Fsp3) is 0.235. The lowest BCUT2D eigenvalue weighted by atomic mass is 10.2. The van der Waals surface area contributed by atoms with E-state index < -0.39 is 21.7 Å². The summed E-state index contributed by atoms with van der Waals surface area (Å²) < 4.78 is 38.6. The zero-order valence-corrected chi connectivity index (χ0v) is 14.8. The van der Waals surface area contributed by atoms with Crippen molar-refractivity contribution in [2.45, 2.75) is 12.8 Å². The van der Waals surface area contributed by atoms with Crippen molar-refractivity contribution in [3.8, 4) is 0 Å². The molecule has 25 heavy (non-hydrogen) atoms. The van der Waals surface area contributed by atoms with Crippen LogP contribution >= 0.6 is 11.6 Å². The Morgan fingerprint density at radius 3 is 2.48 bits per heavy atom. The molecule has 0 bridgehead atoms. The van der Waals surface area contributed by atoms with Crippen molar-refractivity contribution in [3.63, 3.8) is 0 Å². The third kappa shape index (κ3) is 3.93. The number of halogens is 2. The molecule has 0 unspecified atom stereocenters. The van der Waals surface area contributed by atoms with Gasteiger partial charge in [-0.1, -0.05) is 11.6 Å². The normalized spacial score (nSPS) is 16.5. The molecule has 1 aliphatic heterocycles. The molecule has 1 heterocycles. The number of carbonyl (C=O) groups is 1. The number of benzene rings is 2. The molecule has 1 amide bonds. The minimum atomic E-state index is -3.36. The van der Waals surface area contributed by atoms with E-state index in [0.717, 1.165) is 6.42 Å².